The van der Waals surface area contributed by atoms with Crippen LogP contribution < -0.4 is 0 Å². The van der Waals surface area contributed by atoms with E-state index in [4.69, 9.17) is 5.10 Å². The first kappa shape index (κ1) is 17.5. The van der Waals surface area contributed by atoms with Crippen molar-refractivity contribution in [2.24, 2.45) is 5.10 Å². The molecule has 2 aromatic rings. The normalized spacial score (nSPS) is 17.2. The molecule has 0 fully saturated rings. The van der Waals surface area contributed by atoms with Crippen LogP contribution in [0.4, 0.5) is 5.69 Å². The van der Waals surface area contributed by atoms with Crippen molar-refractivity contribution in [3.63, 3.8) is 0 Å². The summed E-state index contributed by atoms with van der Waals surface area (Å²) >= 11 is 0. The van der Waals surface area contributed by atoms with Gasteiger partial charge in [0.25, 0.3) is 5.69 Å². The average molecular weight is 349 g/mol. The number of hydrazone groups is 1. The standard InChI is InChI=1S/C20H19N3O3/c1-14(11-15(2)24)22-20(17-9-6-10-18(12-17)23(25)26)13-19(21-22)16-7-4-3-5-8-16/h3-12,20H,13H2,1-2H3/b14-11+. The lowest BCUT2D eigenvalue weighted by Crippen LogP contribution is -2.18. The van der Waals surface area contributed by atoms with Crippen LogP contribution in [-0.4, -0.2) is 21.4 Å². The summed E-state index contributed by atoms with van der Waals surface area (Å²) in [6, 6.07) is 16.2. The fourth-order valence-corrected chi connectivity index (χ4v) is 3.11. The molecular weight excluding hydrogens is 330 g/mol. The van der Waals surface area contributed by atoms with E-state index in [1.165, 1.54) is 19.1 Å². The number of nitro benzene ring substituents is 1. The van der Waals surface area contributed by atoms with Gasteiger partial charge in [-0.1, -0.05) is 42.5 Å². The fraction of sp³-hybridized carbons (Fsp3) is 0.200. The molecule has 26 heavy (non-hydrogen) atoms. The average Bonchev–Trinajstić information content (AvgIpc) is 3.07. The minimum Gasteiger partial charge on any atom is -0.295 e. The van der Waals surface area contributed by atoms with Crippen LogP contribution in [0, 0.1) is 10.1 Å². The number of rotatable bonds is 5. The molecule has 0 saturated heterocycles. The van der Waals surface area contributed by atoms with Crippen molar-refractivity contribution in [1.82, 2.24) is 5.01 Å². The van der Waals surface area contributed by atoms with Gasteiger partial charge in [0.15, 0.2) is 5.78 Å². The van der Waals surface area contributed by atoms with Gasteiger partial charge < -0.3 is 0 Å². The molecule has 1 unspecified atom stereocenters. The minimum absolute atomic E-state index is 0.0452. The van der Waals surface area contributed by atoms with E-state index in [9.17, 15) is 14.9 Å². The van der Waals surface area contributed by atoms with Gasteiger partial charge in [-0.3, -0.25) is 19.9 Å². The molecule has 2 aromatic carbocycles. The molecule has 0 spiro atoms. The van der Waals surface area contributed by atoms with Crippen molar-refractivity contribution in [2.45, 2.75) is 26.3 Å². The van der Waals surface area contributed by atoms with Gasteiger partial charge in [0, 0.05) is 30.3 Å². The van der Waals surface area contributed by atoms with Crippen LogP contribution in [0.3, 0.4) is 0 Å². The molecule has 0 saturated carbocycles. The van der Waals surface area contributed by atoms with Crippen LogP contribution in [0.25, 0.3) is 0 Å². The fourth-order valence-electron chi connectivity index (χ4n) is 3.11. The monoisotopic (exact) mass is 349 g/mol. The van der Waals surface area contributed by atoms with E-state index in [2.05, 4.69) is 0 Å². The summed E-state index contributed by atoms with van der Waals surface area (Å²) in [6.45, 7) is 3.31. The van der Waals surface area contributed by atoms with Crippen molar-refractivity contribution in [2.75, 3.05) is 0 Å². The lowest BCUT2D eigenvalue weighted by Gasteiger charge is -2.24. The number of allylic oxidation sites excluding steroid dienone is 2. The van der Waals surface area contributed by atoms with Crippen LogP contribution >= 0.6 is 0 Å². The zero-order valence-corrected chi connectivity index (χ0v) is 14.6. The number of hydrogen-bond acceptors (Lipinski definition) is 5. The van der Waals surface area contributed by atoms with Crippen LogP contribution in [0.1, 0.15) is 37.4 Å². The molecule has 1 aliphatic heterocycles. The summed E-state index contributed by atoms with van der Waals surface area (Å²) < 4.78 is 0. The van der Waals surface area contributed by atoms with Gasteiger partial charge in [-0.2, -0.15) is 5.10 Å². The number of nitrogens with zero attached hydrogens (tertiary/aromatic N) is 3. The van der Waals surface area contributed by atoms with E-state index in [1.54, 1.807) is 17.1 Å². The molecule has 0 aliphatic carbocycles. The zero-order chi connectivity index (χ0) is 18.7. The van der Waals surface area contributed by atoms with Crippen molar-refractivity contribution in [1.29, 1.82) is 0 Å². The predicted octanol–water partition coefficient (Wildman–Crippen LogP) is 4.24. The predicted molar refractivity (Wildman–Crippen MR) is 99.7 cm³/mol. The summed E-state index contributed by atoms with van der Waals surface area (Å²) in [5.74, 6) is -0.0661. The first-order valence-electron chi connectivity index (χ1n) is 8.31. The molecule has 0 bridgehead atoms. The van der Waals surface area contributed by atoms with Crippen molar-refractivity contribution < 1.29 is 9.72 Å². The highest BCUT2D eigenvalue weighted by molar-refractivity contribution is 6.02. The third kappa shape index (κ3) is 3.69. The number of ketones is 1. The van der Waals surface area contributed by atoms with Gasteiger partial charge in [0.1, 0.15) is 0 Å². The maximum atomic E-state index is 11.5. The molecular formula is C20H19N3O3. The third-order valence-corrected chi connectivity index (χ3v) is 4.26. The van der Waals surface area contributed by atoms with Crippen LogP contribution in [0.2, 0.25) is 0 Å². The maximum absolute atomic E-state index is 11.5. The van der Waals surface area contributed by atoms with E-state index in [0.29, 0.717) is 12.1 Å². The van der Waals surface area contributed by atoms with Crippen molar-refractivity contribution in [3.05, 3.63) is 87.6 Å². The molecule has 1 heterocycles. The molecule has 6 heteroatoms. The Balaban J connectivity index is 2.02. The molecule has 0 aromatic heterocycles. The second-order valence-electron chi connectivity index (χ2n) is 6.23. The molecule has 0 amide bonds. The Hall–Kier alpha value is -3.28. The zero-order valence-electron chi connectivity index (χ0n) is 14.6. The van der Waals surface area contributed by atoms with Gasteiger partial charge in [0.05, 0.1) is 16.7 Å². The number of hydrogen-bond donors (Lipinski definition) is 0. The highest BCUT2D eigenvalue weighted by Crippen LogP contribution is 2.36. The Morgan fingerprint density at radius 3 is 2.58 bits per heavy atom. The smallest absolute Gasteiger partial charge is 0.269 e. The Morgan fingerprint density at radius 2 is 1.92 bits per heavy atom. The lowest BCUT2D eigenvalue weighted by molar-refractivity contribution is -0.384. The van der Waals surface area contributed by atoms with E-state index in [0.717, 1.165) is 16.8 Å². The van der Waals surface area contributed by atoms with E-state index >= 15 is 0 Å². The Bertz CT molecular complexity index is 904. The van der Waals surface area contributed by atoms with E-state index < -0.39 is 4.92 Å². The highest BCUT2D eigenvalue weighted by Gasteiger charge is 2.30. The third-order valence-electron chi connectivity index (χ3n) is 4.26. The molecule has 1 atom stereocenters. The summed E-state index contributed by atoms with van der Waals surface area (Å²) in [4.78, 5) is 22.2. The number of carbonyl (C=O) groups excluding carboxylic acids is 1. The second-order valence-corrected chi connectivity index (χ2v) is 6.23. The van der Waals surface area contributed by atoms with Crippen LogP contribution in [-0.2, 0) is 4.79 Å². The first-order valence-corrected chi connectivity index (χ1v) is 8.31. The maximum Gasteiger partial charge on any atom is 0.269 e. The summed E-state index contributed by atoms with van der Waals surface area (Å²) in [6.07, 6.45) is 2.13. The van der Waals surface area contributed by atoms with Crippen LogP contribution in [0.5, 0.6) is 0 Å². The largest absolute Gasteiger partial charge is 0.295 e. The molecule has 1 aliphatic rings. The SMILES string of the molecule is CC(=O)/C=C(\C)N1N=C(c2ccccc2)CC1c1cccc([N+](=O)[O-])c1. The lowest BCUT2D eigenvalue weighted by atomic mass is 9.98. The number of benzene rings is 2. The van der Waals surface area contributed by atoms with E-state index in [-0.39, 0.29) is 17.5 Å². The topological polar surface area (TPSA) is 75.8 Å². The minimum atomic E-state index is -0.403. The van der Waals surface area contributed by atoms with Gasteiger partial charge >= 0.3 is 0 Å². The Morgan fingerprint density at radius 1 is 1.19 bits per heavy atom. The highest BCUT2D eigenvalue weighted by atomic mass is 16.6. The van der Waals surface area contributed by atoms with Crippen LogP contribution in [0.15, 0.2) is 71.5 Å². The molecule has 6 nitrogen and oxygen atoms in total. The van der Waals surface area contributed by atoms with Crippen molar-refractivity contribution in [3.8, 4) is 0 Å². The summed E-state index contributed by atoms with van der Waals surface area (Å²) in [7, 11) is 0. The van der Waals surface area contributed by atoms with Gasteiger partial charge in [0.2, 0.25) is 0 Å². The van der Waals surface area contributed by atoms with Gasteiger partial charge in [-0.05, 0) is 25.0 Å². The van der Waals surface area contributed by atoms with Gasteiger partial charge in [-0.15, -0.1) is 0 Å². The summed E-state index contributed by atoms with van der Waals surface area (Å²) in [5, 5.41) is 17.6. The first-order chi connectivity index (χ1) is 12.5. The Labute approximate surface area is 151 Å². The number of non-ortho nitro benzene ring substituents is 1. The quantitative estimate of drug-likeness (QED) is 0.460. The Kier molecular flexibility index (Phi) is 4.93. The molecule has 132 valence electrons. The number of carbonyl (C=O) groups is 1. The second kappa shape index (κ2) is 7.31. The van der Waals surface area contributed by atoms with E-state index in [1.807, 2.05) is 43.3 Å². The van der Waals surface area contributed by atoms with Crippen molar-refractivity contribution >= 4 is 17.2 Å². The number of nitro groups is 1. The van der Waals surface area contributed by atoms with Gasteiger partial charge in [-0.25, -0.2) is 0 Å². The summed E-state index contributed by atoms with van der Waals surface area (Å²) in [5.41, 5.74) is 3.44. The molecule has 0 radical (unpaired) electrons. The molecule has 0 N–H and O–H groups in total. The molecule has 3 rings (SSSR count).